The van der Waals surface area contributed by atoms with Crippen molar-refractivity contribution in [1.29, 1.82) is 0 Å². The van der Waals surface area contributed by atoms with Crippen LogP contribution in [0.4, 0.5) is 16.2 Å². The molecule has 0 unspecified atom stereocenters. The number of nitrogens with zero attached hydrogens (tertiary/aromatic N) is 2. The molecule has 0 spiro atoms. The van der Waals surface area contributed by atoms with Crippen molar-refractivity contribution in [2.45, 2.75) is 32.1 Å². The van der Waals surface area contributed by atoms with Gasteiger partial charge in [0, 0.05) is 24.2 Å². The van der Waals surface area contributed by atoms with E-state index in [1.807, 2.05) is 41.3 Å². The lowest BCUT2D eigenvalue weighted by Gasteiger charge is -2.33. The van der Waals surface area contributed by atoms with E-state index in [9.17, 15) is 14.4 Å². The fourth-order valence-corrected chi connectivity index (χ4v) is 5.01. The molecule has 0 aliphatic carbocycles. The van der Waals surface area contributed by atoms with E-state index < -0.39 is 0 Å². The number of rotatable bonds is 5. The first-order valence-electron chi connectivity index (χ1n) is 11.4. The van der Waals surface area contributed by atoms with Crippen molar-refractivity contribution >= 4 is 40.5 Å². The Morgan fingerprint density at radius 1 is 1.09 bits per heavy atom. The van der Waals surface area contributed by atoms with E-state index in [1.54, 1.807) is 6.07 Å². The molecule has 1 fully saturated rings. The number of carbonyl (C=O) groups is 3. The summed E-state index contributed by atoms with van der Waals surface area (Å²) in [6, 6.07) is 17.6. The van der Waals surface area contributed by atoms with Crippen molar-refractivity contribution in [3.63, 3.8) is 0 Å². The molecule has 33 heavy (non-hydrogen) atoms. The monoisotopic (exact) mass is 442 g/mol. The second-order valence-corrected chi connectivity index (χ2v) is 8.53. The smallest absolute Gasteiger partial charge is 0.321 e. The molecule has 2 aliphatic rings. The van der Waals surface area contributed by atoms with Crippen molar-refractivity contribution in [1.82, 2.24) is 10.3 Å². The summed E-state index contributed by atoms with van der Waals surface area (Å²) in [4.78, 5) is 38.4. The van der Waals surface area contributed by atoms with Crippen LogP contribution in [0.25, 0.3) is 10.8 Å². The van der Waals surface area contributed by atoms with Gasteiger partial charge in [-0.15, -0.1) is 0 Å². The average Bonchev–Trinajstić information content (AvgIpc) is 3.12. The van der Waals surface area contributed by atoms with E-state index in [-0.39, 0.29) is 11.9 Å². The predicted molar refractivity (Wildman–Crippen MR) is 128 cm³/mol. The third-order valence-electron chi connectivity index (χ3n) is 6.72. The molecule has 3 aromatic rings. The van der Waals surface area contributed by atoms with Crippen LogP contribution >= 0.6 is 0 Å². The van der Waals surface area contributed by atoms with Crippen LogP contribution in [0.2, 0.25) is 0 Å². The minimum atomic E-state index is -0.224. The molecule has 2 N–H and O–H groups in total. The average molecular weight is 443 g/mol. The molecule has 0 bridgehead atoms. The van der Waals surface area contributed by atoms with Gasteiger partial charge in [-0.2, -0.15) is 0 Å². The Balaban J connectivity index is 1.33. The number of anilines is 2. The summed E-state index contributed by atoms with van der Waals surface area (Å²) in [5, 5.41) is 6.24. The number of hydrogen-bond donors (Lipinski definition) is 2. The Morgan fingerprint density at radius 3 is 2.64 bits per heavy atom. The molecule has 2 heterocycles. The quantitative estimate of drug-likeness (QED) is 0.574. The molecule has 0 saturated carbocycles. The summed E-state index contributed by atoms with van der Waals surface area (Å²) in [5.41, 5.74) is 7.01. The van der Waals surface area contributed by atoms with Crippen LogP contribution < -0.4 is 15.8 Å². The van der Waals surface area contributed by atoms with E-state index in [4.69, 9.17) is 0 Å². The fraction of sp³-hybridized carbons (Fsp3) is 0.269. The highest BCUT2D eigenvalue weighted by Gasteiger charge is 2.32. The highest BCUT2D eigenvalue weighted by atomic mass is 16.2. The number of piperidine rings is 1. The molecule has 0 radical (unpaired) electrons. The van der Waals surface area contributed by atoms with Gasteiger partial charge in [-0.3, -0.25) is 15.0 Å². The maximum atomic E-state index is 12.8. The zero-order chi connectivity index (χ0) is 22.9. The van der Waals surface area contributed by atoms with Gasteiger partial charge in [-0.05, 0) is 66.0 Å². The molecule has 7 heteroatoms. The van der Waals surface area contributed by atoms with E-state index in [0.29, 0.717) is 36.7 Å². The van der Waals surface area contributed by atoms with Crippen LogP contribution in [0.5, 0.6) is 0 Å². The standard InChI is InChI=1S/C26H26N4O3/c1-2-17-5-3-6-19(15-17)28-26(33)29-13-11-18(12-14-29)20-9-10-23-24-21(20)7-4-8-22(24)25(32)30(23)27-16-31/h3-10,15-16,18H,2,11-14H2,1H3,(H,27,31)(H,28,33). The Hall–Kier alpha value is -3.87. The zero-order valence-corrected chi connectivity index (χ0v) is 18.5. The normalized spacial score (nSPS) is 15.7. The highest BCUT2D eigenvalue weighted by molar-refractivity contribution is 6.25. The van der Waals surface area contributed by atoms with Gasteiger partial charge in [0.2, 0.25) is 6.41 Å². The first-order chi connectivity index (χ1) is 16.1. The predicted octanol–water partition coefficient (Wildman–Crippen LogP) is 4.43. The molecule has 4 amide bonds. The first-order valence-corrected chi connectivity index (χ1v) is 11.4. The summed E-state index contributed by atoms with van der Waals surface area (Å²) < 4.78 is 0. The second-order valence-electron chi connectivity index (χ2n) is 8.53. The number of likely N-dealkylation sites (tertiary alicyclic amines) is 1. The number of urea groups is 1. The maximum Gasteiger partial charge on any atom is 0.321 e. The summed E-state index contributed by atoms with van der Waals surface area (Å²) >= 11 is 0. The molecule has 3 aromatic carbocycles. The van der Waals surface area contributed by atoms with Gasteiger partial charge >= 0.3 is 6.03 Å². The number of hydrazine groups is 1. The fourth-order valence-electron chi connectivity index (χ4n) is 5.01. The number of nitrogens with one attached hydrogen (secondary N) is 2. The highest BCUT2D eigenvalue weighted by Crippen LogP contribution is 2.41. The van der Waals surface area contributed by atoms with Gasteiger partial charge in [0.25, 0.3) is 5.91 Å². The zero-order valence-electron chi connectivity index (χ0n) is 18.5. The number of benzene rings is 3. The summed E-state index contributed by atoms with van der Waals surface area (Å²) in [7, 11) is 0. The molecule has 2 aliphatic heterocycles. The van der Waals surface area contributed by atoms with Crippen molar-refractivity contribution in [2.75, 3.05) is 23.4 Å². The van der Waals surface area contributed by atoms with E-state index in [0.717, 1.165) is 35.7 Å². The van der Waals surface area contributed by atoms with Gasteiger partial charge in [-0.1, -0.05) is 37.3 Å². The molecule has 1 saturated heterocycles. The molecule has 168 valence electrons. The van der Waals surface area contributed by atoms with E-state index >= 15 is 0 Å². The molecular weight excluding hydrogens is 416 g/mol. The van der Waals surface area contributed by atoms with Crippen molar-refractivity contribution < 1.29 is 14.4 Å². The van der Waals surface area contributed by atoms with E-state index in [2.05, 4.69) is 29.8 Å². The molecule has 7 nitrogen and oxygen atoms in total. The topological polar surface area (TPSA) is 81.8 Å². The molecule has 0 atom stereocenters. The lowest BCUT2D eigenvalue weighted by atomic mass is 9.85. The van der Waals surface area contributed by atoms with Crippen LogP contribution in [-0.2, 0) is 11.2 Å². The van der Waals surface area contributed by atoms with Crippen molar-refractivity contribution in [3.8, 4) is 0 Å². The van der Waals surface area contributed by atoms with Gasteiger partial charge in [0.15, 0.2) is 0 Å². The third-order valence-corrected chi connectivity index (χ3v) is 6.72. The van der Waals surface area contributed by atoms with Gasteiger partial charge in [0.05, 0.1) is 11.3 Å². The first kappa shape index (κ1) is 21.0. The Labute approximate surface area is 192 Å². The summed E-state index contributed by atoms with van der Waals surface area (Å²) in [5.74, 6) is 0.0726. The molecular formula is C26H26N4O3. The minimum Gasteiger partial charge on any atom is -0.324 e. The van der Waals surface area contributed by atoms with Crippen molar-refractivity contribution in [3.05, 3.63) is 71.3 Å². The van der Waals surface area contributed by atoms with Crippen LogP contribution in [0.15, 0.2) is 54.6 Å². The number of carbonyl (C=O) groups excluding carboxylic acids is 3. The number of amides is 4. The van der Waals surface area contributed by atoms with Crippen LogP contribution in [0, 0.1) is 0 Å². The van der Waals surface area contributed by atoms with Crippen LogP contribution in [-0.4, -0.2) is 36.3 Å². The lowest BCUT2D eigenvalue weighted by Crippen LogP contribution is -2.40. The van der Waals surface area contributed by atoms with Gasteiger partial charge in [0.1, 0.15) is 0 Å². The van der Waals surface area contributed by atoms with Gasteiger partial charge in [-0.25, -0.2) is 9.80 Å². The van der Waals surface area contributed by atoms with E-state index in [1.165, 1.54) is 16.1 Å². The Bertz CT molecular complexity index is 1250. The third kappa shape index (κ3) is 3.69. The Morgan fingerprint density at radius 2 is 1.88 bits per heavy atom. The summed E-state index contributed by atoms with van der Waals surface area (Å²) in [6.45, 7) is 3.44. The number of aryl methyl sites for hydroxylation is 1. The SMILES string of the molecule is CCc1cccc(NC(=O)N2CCC(c3ccc4c5c(cccc35)C(=O)N4NC=O)CC2)c1. The van der Waals surface area contributed by atoms with Crippen molar-refractivity contribution in [2.24, 2.45) is 0 Å². The maximum absolute atomic E-state index is 12.8. The van der Waals surface area contributed by atoms with Crippen LogP contribution in [0.1, 0.15) is 47.2 Å². The Kier molecular flexibility index (Phi) is 5.46. The van der Waals surface area contributed by atoms with Gasteiger partial charge < -0.3 is 10.2 Å². The lowest BCUT2D eigenvalue weighted by molar-refractivity contribution is -0.109. The molecule has 0 aromatic heterocycles. The van der Waals surface area contributed by atoms with Crippen LogP contribution in [0.3, 0.4) is 0 Å². The summed E-state index contributed by atoms with van der Waals surface area (Å²) in [6.07, 6.45) is 3.15. The number of hydrogen-bond acceptors (Lipinski definition) is 3. The molecule has 5 rings (SSSR count). The minimum absolute atomic E-state index is 0.0664. The second kappa shape index (κ2) is 8.58. The largest absolute Gasteiger partial charge is 0.324 e.